The van der Waals surface area contributed by atoms with Gasteiger partial charge in [0.25, 0.3) is 0 Å². The maximum Gasteiger partial charge on any atom is 0.416 e. The first kappa shape index (κ1) is 28.0. The lowest BCUT2D eigenvalue weighted by atomic mass is 10.1. The zero-order valence-electron chi connectivity index (χ0n) is 20.0. The van der Waals surface area contributed by atoms with Crippen molar-refractivity contribution in [2.75, 3.05) is 54.1 Å². The number of benzene rings is 1. The molecule has 2 rings (SSSR count). The Labute approximate surface area is 206 Å². The van der Waals surface area contributed by atoms with Gasteiger partial charge in [0.15, 0.2) is 5.82 Å². The Hall–Kier alpha value is -3.24. The molecule has 9 nitrogen and oxygen atoms in total. The molecular weight excluding hydrogens is 481 g/mol. The van der Waals surface area contributed by atoms with E-state index in [9.17, 15) is 23.2 Å². The van der Waals surface area contributed by atoms with Crippen LogP contribution in [0, 0.1) is 11.3 Å². The number of rotatable bonds is 11. The van der Waals surface area contributed by atoms with Crippen LogP contribution in [0.4, 0.5) is 36.3 Å². The number of alkyl halides is 3. The number of hydrogen-bond donors (Lipinski definition) is 4. The van der Waals surface area contributed by atoms with Crippen molar-refractivity contribution >= 4 is 40.8 Å². The summed E-state index contributed by atoms with van der Waals surface area (Å²) in [6, 6.07) is 4.46. The van der Waals surface area contributed by atoms with E-state index >= 15 is 0 Å². The second-order valence-corrected chi connectivity index (χ2v) is 8.33. The SMILES string of the molecule is CCN(CC)CCNc1cc(N[C@@H](C)C(=O)Nc2nc(N)nc(SC)c2C#N)cc(C(F)(F)F)c1. The third-order valence-corrected chi connectivity index (χ3v) is 5.81. The van der Waals surface area contributed by atoms with Crippen molar-refractivity contribution in [2.24, 2.45) is 0 Å². The minimum atomic E-state index is -4.56. The molecule has 0 unspecified atom stereocenters. The van der Waals surface area contributed by atoms with E-state index in [1.54, 1.807) is 6.26 Å². The Morgan fingerprint density at radius 2 is 1.89 bits per heavy atom. The predicted molar refractivity (Wildman–Crippen MR) is 132 cm³/mol. The highest BCUT2D eigenvalue weighted by molar-refractivity contribution is 7.98. The van der Waals surface area contributed by atoms with Crippen LogP contribution in [-0.4, -0.2) is 59.3 Å². The molecule has 1 aromatic carbocycles. The summed E-state index contributed by atoms with van der Waals surface area (Å²) in [5.41, 5.74) is 5.25. The number of nitrogen functional groups attached to an aromatic ring is 1. The number of nitriles is 1. The third kappa shape index (κ3) is 7.90. The molecular formula is C22H29F3N8OS. The number of amides is 1. The third-order valence-electron chi connectivity index (χ3n) is 5.13. The Morgan fingerprint density at radius 1 is 1.23 bits per heavy atom. The Bertz CT molecular complexity index is 1070. The molecule has 0 saturated heterocycles. The topological polar surface area (TPSA) is 132 Å². The van der Waals surface area contributed by atoms with Crippen LogP contribution in [0.3, 0.4) is 0 Å². The molecule has 2 aromatic rings. The number of nitrogens with one attached hydrogen (secondary N) is 3. The van der Waals surface area contributed by atoms with Crippen LogP contribution >= 0.6 is 11.8 Å². The van der Waals surface area contributed by atoms with Crippen LogP contribution in [0.1, 0.15) is 31.9 Å². The number of likely N-dealkylation sites (N-methyl/N-ethyl adjacent to an activating group) is 1. The molecule has 1 atom stereocenters. The first-order chi connectivity index (χ1) is 16.5. The molecule has 1 amide bonds. The van der Waals surface area contributed by atoms with Gasteiger partial charge >= 0.3 is 6.18 Å². The maximum absolute atomic E-state index is 13.5. The van der Waals surface area contributed by atoms with Gasteiger partial charge in [0.2, 0.25) is 11.9 Å². The van der Waals surface area contributed by atoms with Crippen LogP contribution in [0.15, 0.2) is 23.2 Å². The molecule has 190 valence electrons. The number of carbonyl (C=O) groups is 1. The summed E-state index contributed by atoms with van der Waals surface area (Å²) in [7, 11) is 0. The zero-order valence-corrected chi connectivity index (χ0v) is 20.8. The summed E-state index contributed by atoms with van der Waals surface area (Å²) < 4.78 is 40.4. The van der Waals surface area contributed by atoms with E-state index in [2.05, 4.69) is 30.8 Å². The molecule has 0 aliphatic rings. The largest absolute Gasteiger partial charge is 0.416 e. The summed E-state index contributed by atoms with van der Waals surface area (Å²) in [5.74, 6) is -0.798. The fourth-order valence-electron chi connectivity index (χ4n) is 3.21. The van der Waals surface area contributed by atoms with Gasteiger partial charge in [0.1, 0.15) is 22.7 Å². The molecule has 0 bridgehead atoms. The molecule has 13 heteroatoms. The fourth-order valence-corrected chi connectivity index (χ4v) is 3.74. The minimum absolute atomic E-state index is 0.0472. The fraction of sp³-hybridized carbons (Fsp3) is 0.455. The molecule has 0 saturated carbocycles. The van der Waals surface area contributed by atoms with E-state index in [1.807, 2.05) is 19.9 Å². The summed E-state index contributed by atoms with van der Waals surface area (Å²) >= 11 is 1.17. The second-order valence-electron chi connectivity index (χ2n) is 7.53. The lowest BCUT2D eigenvalue weighted by Gasteiger charge is -2.20. The van der Waals surface area contributed by atoms with Crippen molar-refractivity contribution in [3.05, 3.63) is 29.3 Å². The monoisotopic (exact) mass is 510 g/mol. The number of nitrogens with two attached hydrogens (primary N) is 1. The van der Waals surface area contributed by atoms with Gasteiger partial charge in [-0.25, -0.2) is 4.98 Å². The van der Waals surface area contributed by atoms with E-state index in [0.717, 1.165) is 25.2 Å². The number of halogens is 3. The Morgan fingerprint density at radius 3 is 2.46 bits per heavy atom. The average molecular weight is 511 g/mol. The van der Waals surface area contributed by atoms with Gasteiger partial charge in [-0.15, -0.1) is 11.8 Å². The van der Waals surface area contributed by atoms with Gasteiger partial charge in [-0.1, -0.05) is 13.8 Å². The smallest absolute Gasteiger partial charge is 0.384 e. The van der Waals surface area contributed by atoms with E-state index in [-0.39, 0.29) is 28.7 Å². The first-order valence-corrected chi connectivity index (χ1v) is 12.1. The van der Waals surface area contributed by atoms with Crippen LogP contribution < -0.4 is 21.7 Å². The van der Waals surface area contributed by atoms with Gasteiger partial charge in [0, 0.05) is 24.5 Å². The quantitative estimate of drug-likeness (QED) is 0.263. The average Bonchev–Trinajstić information content (AvgIpc) is 2.80. The molecule has 1 aromatic heterocycles. The minimum Gasteiger partial charge on any atom is -0.384 e. The summed E-state index contributed by atoms with van der Waals surface area (Å²) in [5, 5.41) is 18.0. The van der Waals surface area contributed by atoms with E-state index in [4.69, 9.17) is 5.73 Å². The molecule has 0 aliphatic carbocycles. The van der Waals surface area contributed by atoms with Crippen molar-refractivity contribution in [3.8, 4) is 6.07 Å². The lowest BCUT2D eigenvalue weighted by Crippen LogP contribution is -2.33. The summed E-state index contributed by atoms with van der Waals surface area (Å²) in [4.78, 5) is 22.8. The van der Waals surface area contributed by atoms with Crippen molar-refractivity contribution in [1.29, 1.82) is 5.26 Å². The van der Waals surface area contributed by atoms with Gasteiger partial charge in [-0.2, -0.15) is 23.4 Å². The van der Waals surface area contributed by atoms with Crippen LogP contribution in [-0.2, 0) is 11.0 Å². The standard InChI is InChI=1S/C22H29F3N8OS/c1-5-33(6-2)8-7-28-15-9-14(22(23,24)25)10-16(11-15)29-13(3)19(34)30-18-17(12-26)20(35-4)32-21(27)31-18/h9-11,13,28-29H,5-8H2,1-4H3,(H3,27,30,31,32,34)/t13-/m0/s1. The van der Waals surface area contributed by atoms with E-state index < -0.39 is 23.7 Å². The highest BCUT2D eigenvalue weighted by atomic mass is 32.2. The number of carbonyl (C=O) groups excluding carboxylic acids is 1. The van der Waals surface area contributed by atoms with Crippen molar-refractivity contribution in [3.63, 3.8) is 0 Å². The van der Waals surface area contributed by atoms with Gasteiger partial charge in [-0.3, -0.25) is 4.79 Å². The molecule has 0 spiro atoms. The number of nitrogens with zero attached hydrogens (tertiary/aromatic N) is 4. The van der Waals surface area contributed by atoms with E-state index in [1.165, 1.54) is 24.8 Å². The number of thioether (sulfide) groups is 1. The number of hydrogen-bond acceptors (Lipinski definition) is 9. The lowest BCUT2D eigenvalue weighted by molar-refractivity contribution is -0.137. The molecule has 0 aliphatic heterocycles. The van der Waals surface area contributed by atoms with Crippen molar-refractivity contribution < 1.29 is 18.0 Å². The Balaban J connectivity index is 2.21. The van der Waals surface area contributed by atoms with Crippen LogP contribution in [0.2, 0.25) is 0 Å². The molecule has 0 fully saturated rings. The second kappa shape index (κ2) is 12.5. The zero-order chi connectivity index (χ0) is 26.2. The van der Waals surface area contributed by atoms with E-state index in [0.29, 0.717) is 18.1 Å². The van der Waals surface area contributed by atoms with Gasteiger partial charge in [-0.05, 0) is 44.5 Å². The highest BCUT2D eigenvalue weighted by Gasteiger charge is 2.31. The van der Waals surface area contributed by atoms with Gasteiger partial charge in [0.05, 0.1) is 5.56 Å². The number of anilines is 4. The van der Waals surface area contributed by atoms with Crippen LogP contribution in [0.5, 0.6) is 0 Å². The molecule has 5 N–H and O–H groups in total. The van der Waals surface area contributed by atoms with Crippen molar-refractivity contribution in [2.45, 2.75) is 38.0 Å². The summed E-state index contributed by atoms with van der Waals surface area (Å²) in [6.45, 7) is 8.32. The predicted octanol–water partition coefficient (Wildman–Crippen LogP) is 3.86. The number of aromatic nitrogens is 2. The first-order valence-electron chi connectivity index (χ1n) is 10.9. The maximum atomic E-state index is 13.5. The highest BCUT2D eigenvalue weighted by Crippen LogP contribution is 2.33. The van der Waals surface area contributed by atoms with Crippen LogP contribution in [0.25, 0.3) is 0 Å². The summed E-state index contributed by atoms with van der Waals surface area (Å²) in [6.07, 6.45) is -2.87. The Kier molecular flexibility index (Phi) is 9.97. The normalized spacial score (nSPS) is 12.2. The molecule has 0 radical (unpaired) electrons. The molecule has 1 heterocycles. The van der Waals surface area contributed by atoms with Crippen molar-refractivity contribution in [1.82, 2.24) is 14.9 Å². The molecule has 35 heavy (non-hydrogen) atoms. The van der Waals surface area contributed by atoms with Gasteiger partial charge < -0.3 is 26.6 Å².